The molecule has 8 nitrogen and oxygen atoms in total. The van der Waals surface area contributed by atoms with Gasteiger partial charge in [-0.2, -0.15) is 4.98 Å². The number of halogens is 1. The lowest BCUT2D eigenvalue weighted by molar-refractivity contribution is 0.354. The Morgan fingerprint density at radius 2 is 2.09 bits per heavy atom. The molecule has 9 heteroatoms. The predicted octanol–water partition coefficient (Wildman–Crippen LogP) is 4.49. The van der Waals surface area contributed by atoms with Crippen LogP contribution in [0.3, 0.4) is 0 Å². The van der Waals surface area contributed by atoms with Gasteiger partial charge in [-0.1, -0.05) is 11.2 Å². The van der Waals surface area contributed by atoms with Crippen LogP contribution in [0.15, 0.2) is 65.7 Å². The molecule has 0 radical (unpaired) electrons. The van der Waals surface area contributed by atoms with Crippen molar-refractivity contribution in [1.29, 1.82) is 0 Å². The number of aryl methyl sites for hydroxylation is 1. The lowest BCUT2D eigenvalue weighted by Crippen LogP contribution is -2.14. The smallest absolute Gasteiger partial charge is 0.244 e. The molecular weight excluding hydrogens is 411 g/mol. The van der Waals surface area contributed by atoms with Crippen molar-refractivity contribution in [2.75, 3.05) is 0 Å². The molecular formula is C23H19FN6O2. The topological polar surface area (TPSA) is 116 Å². The number of rotatable bonds is 6. The van der Waals surface area contributed by atoms with Crippen LogP contribution in [0.2, 0.25) is 0 Å². The minimum Gasteiger partial charge on any atom is -0.453 e. The highest BCUT2D eigenvalue weighted by Crippen LogP contribution is 2.32. The quantitative estimate of drug-likeness (QED) is 0.408. The molecule has 0 unspecified atom stereocenters. The Kier molecular flexibility index (Phi) is 5.08. The number of benzene rings is 1. The molecule has 0 aliphatic heterocycles. The van der Waals surface area contributed by atoms with Gasteiger partial charge in [0.05, 0.1) is 11.4 Å². The van der Waals surface area contributed by atoms with Crippen LogP contribution in [0.5, 0.6) is 11.5 Å². The van der Waals surface area contributed by atoms with Crippen molar-refractivity contribution in [3.8, 4) is 22.9 Å². The Hall–Kier alpha value is -4.11. The van der Waals surface area contributed by atoms with E-state index in [1.165, 1.54) is 6.07 Å². The lowest BCUT2D eigenvalue weighted by Gasteiger charge is -2.11. The first-order chi connectivity index (χ1) is 15.6. The Balaban J connectivity index is 1.32. The molecule has 3 N–H and O–H groups in total. The standard InChI is InChI=1S/C23H19FN6O2/c1-13-11-28-22-20(13)19(6-8-27-22)31-18-5-4-14(9-16(18)24)10-17(25)23-29-21(30-32-23)15-3-2-7-26-12-15/h2-9,11-12,17H,10,25H2,1H3,(H,27,28)/t17-/m0/s1. The first kappa shape index (κ1) is 19.8. The lowest BCUT2D eigenvalue weighted by atomic mass is 10.1. The molecule has 5 aromatic rings. The minimum atomic E-state index is -0.582. The fourth-order valence-corrected chi connectivity index (χ4v) is 3.48. The molecule has 0 bridgehead atoms. The van der Waals surface area contributed by atoms with Gasteiger partial charge in [-0.3, -0.25) is 4.98 Å². The maximum atomic E-state index is 14.8. The van der Waals surface area contributed by atoms with Crippen LogP contribution in [0.4, 0.5) is 4.39 Å². The summed E-state index contributed by atoms with van der Waals surface area (Å²) in [6, 6.07) is 9.48. The van der Waals surface area contributed by atoms with Gasteiger partial charge in [-0.15, -0.1) is 0 Å². The highest BCUT2D eigenvalue weighted by Gasteiger charge is 2.18. The van der Waals surface area contributed by atoms with E-state index < -0.39 is 11.9 Å². The molecule has 32 heavy (non-hydrogen) atoms. The summed E-state index contributed by atoms with van der Waals surface area (Å²) in [5.74, 6) is 0.835. The zero-order valence-electron chi connectivity index (χ0n) is 17.1. The number of hydrogen-bond donors (Lipinski definition) is 2. The fraction of sp³-hybridized carbons (Fsp3) is 0.130. The van der Waals surface area contributed by atoms with Gasteiger partial charge in [-0.05, 0) is 54.8 Å². The third-order valence-corrected chi connectivity index (χ3v) is 5.08. The van der Waals surface area contributed by atoms with Crippen LogP contribution in [0.25, 0.3) is 22.4 Å². The maximum absolute atomic E-state index is 14.8. The van der Waals surface area contributed by atoms with Crippen LogP contribution in [0.1, 0.15) is 23.1 Å². The van der Waals surface area contributed by atoms with Crippen molar-refractivity contribution in [3.63, 3.8) is 0 Å². The summed E-state index contributed by atoms with van der Waals surface area (Å²) in [6.07, 6.45) is 7.07. The molecule has 0 saturated carbocycles. The van der Waals surface area contributed by atoms with Gasteiger partial charge in [0.25, 0.3) is 0 Å². The third kappa shape index (κ3) is 3.81. The number of pyridine rings is 2. The molecule has 0 amide bonds. The summed E-state index contributed by atoms with van der Waals surface area (Å²) in [5.41, 5.74) is 9.29. The average Bonchev–Trinajstić information content (AvgIpc) is 3.44. The van der Waals surface area contributed by atoms with Crippen molar-refractivity contribution in [2.45, 2.75) is 19.4 Å². The second kappa shape index (κ2) is 8.20. The number of aromatic amines is 1. The summed E-state index contributed by atoms with van der Waals surface area (Å²) < 4.78 is 25.9. The van der Waals surface area contributed by atoms with Gasteiger partial charge in [0, 0.05) is 30.4 Å². The van der Waals surface area contributed by atoms with E-state index in [0.29, 0.717) is 29.2 Å². The molecule has 0 aliphatic carbocycles. The molecule has 0 saturated heterocycles. The molecule has 1 aromatic carbocycles. The summed E-state index contributed by atoms with van der Waals surface area (Å²) >= 11 is 0. The average molecular weight is 430 g/mol. The predicted molar refractivity (Wildman–Crippen MR) is 115 cm³/mol. The van der Waals surface area contributed by atoms with Gasteiger partial charge in [-0.25, -0.2) is 9.37 Å². The first-order valence-corrected chi connectivity index (χ1v) is 9.97. The van der Waals surface area contributed by atoms with Crippen LogP contribution < -0.4 is 10.5 Å². The van der Waals surface area contributed by atoms with E-state index in [2.05, 4.69) is 25.1 Å². The largest absolute Gasteiger partial charge is 0.453 e. The van der Waals surface area contributed by atoms with Crippen LogP contribution >= 0.6 is 0 Å². The molecule has 4 heterocycles. The van der Waals surface area contributed by atoms with E-state index in [0.717, 1.165) is 16.5 Å². The maximum Gasteiger partial charge on any atom is 0.244 e. The van der Waals surface area contributed by atoms with Crippen LogP contribution in [-0.2, 0) is 6.42 Å². The molecule has 0 fully saturated rings. The fourth-order valence-electron chi connectivity index (χ4n) is 3.48. The Bertz CT molecular complexity index is 1380. The van der Waals surface area contributed by atoms with E-state index in [4.69, 9.17) is 15.0 Å². The van der Waals surface area contributed by atoms with Crippen LogP contribution in [-0.4, -0.2) is 25.1 Å². The normalized spacial score (nSPS) is 12.2. The molecule has 1 atom stereocenters. The molecule has 0 spiro atoms. The van der Waals surface area contributed by atoms with Crippen molar-refractivity contribution >= 4 is 11.0 Å². The first-order valence-electron chi connectivity index (χ1n) is 9.97. The number of hydrogen-bond acceptors (Lipinski definition) is 7. The van der Waals surface area contributed by atoms with Gasteiger partial charge in [0.1, 0.15) is 11.4 Å². The summed E-state index contributed by atoms with van der Waals surface area (Å²) in [5, 5.41) is 4.77. The zero-order chi connectivity index (χ0) is 22.1. The summed E-state index contributed by atoms with van der Waals surface area (Å²) in [6.45, 7) is 1.94. The number of nitrogens with zero attached hydrogens (tertiary/aromatic N) is 4. The molecule has 160 valence electrons. The van der Waals surface area contributed by atoms with E-state index >= 15 is 0 Å². The Labute approximate surface area is 182 Å². The van der Waals surface area contributed by atoms with Gasteiger partial charge in [0.15, 0.2) is 11.6 Å². The van der Waals surface area contributed by atoms with E-state index in [1.54, 1.807) is 42.9 Å². The second-order valence-electron chi connectivity index (χ2n) is 7.38. The minimum absolute atomic E-state index is 0.118. The number of nitrogens with one attached hydrogen (secondary N) is 1. The highest BCUT2D eigenvalue weighted by molar-refractivity contribution is 5.86. The Morgan fingerprint density at radius 1 is 1.19 bits per heavy atom. The third-order valence-electron chi connectivity index (χ3n) is 5.08. The van der Waals surface area contributed by atoms with E-state index in [1.807, 2.05) is 19.2 Å². The SMILES string of the molecule is Cc1c[nH]c2nccc(Oc3ccc(C[C@H](N)c4nc(-c5cccnc5)no4)cc3F)c12. The number of nitrogens with two attached hydrogens (primary N) is 1. The monoisotopic (exact) mass is 430 g/mol. The molecule has 5 rings (SSSR count). The highest BCUT2D eigenvalue weighted by atomic mass is 19.1. The van der Waals surface area contributed by atoms with Gasteiger partial charge < -0.3 is 20.0 Å². The zero-order valence-corrected chi connectivity index (χ0v) is 17.1. The number of ether oxygens (including phenoxy) is 1. The van der Waals surface area contributed by atoms with Crippen molar-refractivity contribution in [2.24, 2.45) is 5.73 Å². The molecule has 0 aliphatic rings. The van der Waals surface area contributed by atoms with Crippen molar-refractivity contribution in [3.05, 3.63) is 84.0 Å². The van der Waals surface area contributed by atoms with Crippen molar-refractivity contribution < 1.29 is 13.7 Å². The van der Waals surface area contributed by atoms with Gasteiger partial charge in [0.2, 0.25) is 11.7 Å². The van der Waals surface area contributed by atoms with E-state index in [-0.39, 0.29) is 11.6 Å². The van der Waals surface area contributed by atoms with Gasteiger partial charge >= 0.3 is 0 Å². The number of aromatic nitrogens is 5. The second-order valence-corrected chi connectivity index (χ2v) is 7.38. The Morgan fingerprint density at radius 3 is 2.91 bits per heavy atom. The van der Waals surface area contributed by atoms with E-state index in [9.17, 15) is 4.39 Å². The number of fused-ring (bicyclic) bond motifs is 1. The summed E-state index contributed by atoms with van der Waals surface area (Å²) in [4.78, 5) is 15.7. The number of H-pyrrole nitrogens is 1. The molecule has 4 aromatic heterocycles. The van der Waals surface area contributed by atoms with Crippen molar-refractivity contribution in [1.82, 2.24) is 25.1 Å². The van der Waals surface area contributed by atoms with Crippen LogP contribution in [0, 0.1) is 12.7 Å². The summed E-state index contributed by atoms with van der Waals surface area (Å²) in [7, 11) is 0.